The molecule has 3 rings (SSSR count). The van der Waals surface area contributed by atoms with Crippen LogP contribution >= 0.6 is 11.3 Å². The second-order valence-electron chi connectivity index (χ2n) is 6.46. The van der Waals surface area contributed by atoms with Crippen LogP contribution in [0.25, 0.3) is 0 Å². The lowest BCUT2D eigenvalue weighted by Gasteiger charge is -2.35. The topological polar surface area (TPSA) is 52.7 Å². The summed E-state index contributed by atoms with van der Waals surface area (Å²) in [6.45, 7) is 3.36. The standard InChI is InChI=1S/C17H25N3O2S/c1-18-12-13-6-9-19(10-7-13)16(21)14-4-2-8-20(14)17(22)15-5-3-11-23-15/h3,5,11,13-14,18H,2,4,6-10,12H2,1H3. The molecule has 2 aliphatic rings. The number of piperidine rings is 1. The van der Waals surface area contributed by atoms with Gasteiger partial charge >= 0.3 is 0 Å². The number of nitrogens with one attached hydrogen (secondary N) is 1. The monoisotopic (exact) mass is 335 g/mol. The first-order valence-electron chi connectivity index (χ1n) is 8.48. The average molecular weight is 335 g/mol. The van der Waals surface area contributed by atoms with E-state index >= 15 is 0 Å². The molecule has 0 radical (unpaired) electrons. The van der Waals surface area contributed by atoms with Gasteiger partial charge in [-0.2, -0.15) is 0 Å². The molecular formula is C17H25N3O2S. The fourth-order valence-corrected chi connectivity index (χ4v) is 4.34. The third-order valence-electron chi connectivity index (χ3n) is 4.95. The van der Waals surface area contributed by atoms with Crippen LogP contribution in [-0.2, 0) is 4.79 Å². The van der Waals surface area contributed by atoms with Gasteiger partial charge in [0.2, 0.25) is 5.91 Å². The van der Waals surface area contributed by atoms with Crippen LogP contribution in [0.1, 0.15) is 35.4 Å². The number of carbonyl (C=O) groups is 2. The van der Waals surface area contributed by atoms with Gasteiger partial charge in [-0.25, -0.2) is 0 Å². The number of hydrogen-bond donors (Lipinski definition) is 1. The Hall–Kier alpha value is -1.40. The summed E-state index contributed by atoms with van der Waals surface area (Å²) < 4.78 is 0. The highest BCUT2D eigenvalue weighted by Crippen LogP contribution is 2.25. The fourth-order valence-electron chi connectivity index (χ4n) is 3.67. The normalized spacial score (nSPS) is 22.6. The minimum absolute atomic E-state index is 0.0147. The fraction of sp³-hybridized carbons (Fsp3) is 0.647. The Kier molecular flexibility index (Phi) is 5.33. The van der Waals surface area contributed by atoms with Gasteiger partial charge in [-0.15, -0.1) is 11.3 Å². The zero-order chi connectivity index (χ0) is 16.2. The van der Waals surface area contributed by atoms with Crippen molar-refractivity contribution in [3.63, 3.8) is 0 Å². The van der Waals surface area contributed by atoms with Crippen molar-refractivity contribution in [3.05, 3.63) is 22.4 Å². The first-order chi connectivity index (χ1) is 11.2. The Morgan fingerprint density at radius 2 is 2.04 bits per heavy atom. The van der Waals surface area contributed by atoms with Crippen LogP contribution in [0.2, 0.25) is 0 Å². The van der Waals surface area contributed by atoms with Crippen LogP contribution in [0.5, 0.6) is 0 Å². The van der Waals surface area contributed by atoms with Crippen molar-refractivity contribution in [3.8, 4) is 0 Å². The first kappa shape index (κ1) is 16.5. The molecule has 1 aromatic heterocycles. The summed E-state index contributed by atoms with van der Waals surface area (Å²) in [4.78, 5) is 30.0. The lowest BCUT2D eigenvalue weighted by atomic mass is 9.96. The van der Waals surface area contributed by atoms with Crippen LogP contribution < -0.4 is 5.32 Å². The van der Waals surface area contributed by atoms with Gasteiger partial charge in [0.25, 0.3) is 5.91 Å². The maximum absolute atomic E-state index is 12.9. The number of likely N-dealkylation sites (tertiary alicyclic amines) is 2. The summed E-state index contributed by atoms with van der Waals surface area (Å²) in [7, 11) is 1.98. The van der Waals surface area contributed by atoms with Crippen LogP contribution in [-0.4, -0.2) is 60.9 Å². The van der Waals surface area contributed by atoms with E-state index in [0.29, 0.717) is 12.5 Å². The van der Waals surface area contributed by atoms with E-state index in [4.69, 9.17) is 0 Å². The van der Waals surface area contributed by atoms with Crippen molar-refractivity contribution in [1.82, 2.24) is 15.1 Å². The highest BCUT2D eigenvalue weighted by molar-refractivity contribution is 7.12. The highest BCUT2D eigenvalue weighted by Gasteiger charge is 2.37. The molecule has 3 heterocycles. The number of hydrogen-bond acceptors (Lipinski definition) is 4. The molecule has 0 aromatic carbocycles. The van der Waals surface area contributed by atoms with Crippen LogP contribution in [0, 0.1) is 5.92 Å². The molecule has 2 aliphatic heterocycles. The molecular weight excluding hydrogens is 310 g/mol. The Bertz CT molecular complexity index is 538. The third-order valence-corrected chi connectivity index (χ3v) is 5.81. The summed E-state index contributed by atoms with van der Waals surface area (Å²) >= 11 is 1.45. The van der Waals surface area contributed by atoms with E-state index in [1.807, 2.05) is 29.5 Å². The van der Waals surface area contributed by atoms with Crippen LogP contribution in [0.15, 0.2) is 17.5 Å². The molecule has 2 fully saturated rings. The second kappa shape index (κ2) is 7.45. The van der Waals surface area contributed by atoms with Crippen molar-refractivity contribution in [2.75, 3.05) is 33.2 Å². The molecule has 0 spiro atoms. The molecule has 0 saturated carbocycles. The maximum Gasteiger partial charge on any atom is 0.264 e. The van der Waals surface area contributed by atoms with Gasteiger partial charge in [-0.3, -0.25) is 9.59 Å². The molecule has 1 unspecified atom stereocenters. The molecule has 126 valence electrons. The maximum atomic E-state index is 12.9. The molecule has 6 heteroatoms. The third kappa shape index (κ3) is 3.58. The zero-order valence-electron chi connectivity index (χ0n) is 13.7. The molecule has 23 heavy (non-hydrogen) atoms. The van der Waals surface area contributed by atoms with E-state index in [0.717, 1.165) is 50.2 Å². The van der Waals surface area contributed by atoms with Crippen LogP contribution in [0.4, 0.5) is 0 Å². The number of nitrogens with zero attached hydrogens (tertiary/aromatic N) is 2. The van der Waals surface area contributed by atoms with Gasteiger partial charge in [0.05, 0.1) is 4.88 Å². The number of carbonyl (C=O) groups excluding carboxylic acids is 2. The molecule has 2 saturated heterocycles. The summed E-state index contributed by atoms with van der Waals surface area (Å²) in [5.74, 6) is 0.827. The molecule has 0 bridgehead atoms. The second-order valence-corrected chi connectivity index (χ2v) is 7.41. The van der Waals surface area contributed by atoms with E-state index < -0.39 is 0 Å². The molecule has 1 atom stereocenters. The highest BCUT2D eigenvalue weighted by atomic mass is 32.1. The molecule has 1 aromatic rings. The van der Waals surface area contributed by atoms with Gasteiger partial charge in [0.1, 0.15) is 6.04 Å². The SMILES string of the molecule is CNCC1CCN(C(=O)C2CCCN2C(=O)c2cccs2)CC1. The average Bonchev–Trinajstić information content (AvgIpc) is 3.26. The van der Waals surface area contributed by atoms with E-state index in [1.165, 1.54) is 11.3 Å². The molecule has 1 N–H and O–H groups in total. The summed E-state index contributed by atoms with van der Waals surface area (Å²) in [6, 6.07) is 3.47. The lowest BCUT2D eigenvalue weighted by molar-refractivity contribution is -0.136. The molecule has 0 aliphatic carbocycles. The van der Waals surface area contributed by atoms with Gasteiger partial charge in [-0.05, 0) is 56.6 Å². The van der Waals surface area contributed by atoms with E-state index in [2.05, 4.69) is 5.32 Å². The molecule has 2 amide bonds. The van der Waals surface area contributed by atoms with Crippen molar-refractivity contribution >= 4 is 23.2 Å². The first-order valence-corrected chi connectivity index (χ1v) is 9.36. The van der Waals surface area contributed by atoms with Crippen molar-refractivity contribution in [2.24, 2.45) is 5.92 Å². The smallest absolute Gasteiger partial charge is 0.264 e. The Morgan fingerprint density at radius 1 is 1.26 bits per heavy atom. The Labute approximate surface area is 141 Å². The number of rotatable bonds is 4. The van der Waals surface area contributed by atoms with Crippen molar-refractivity contribution < 1.29 is 9.59 Å². The summed E-state index contributed by atoms with van der Waals surface area (Å²) in [5, 5.41) is 5.13. The summed E-state index contributed by atoms with van der Waals surface area (Å²) in [5.41, 5.74) is 0. The van der Waals surface area contributed by atoms with Crippen molar-refractivity contribution in [1.29, 1.82) is 0 Å². The van der Waals surface area contributed by atoms with Gasteiger partial charge in [0, 0.05) is 19.6 Å². The van der Waals surface area contributed by atoms with E-state index in [1.54, 1.807) is 4.90 Å². The minimum atomic E-state index is -0.259. The molecule has 5 nitrogen and oxygen atoms in total. The lowest BCUT2D eigenvalue weighted by Crippen LogP contribution is -2.50. The van der Waals surface area contributed by atoms with Crippen molar-refractivity contribution in [2.45, 2.75) is 31.7 Å². The van der Waals surface area contributed by atoms with Gasteiger partial charge < -0.3 is 15.1 Å². The minimum Gasteiger partial charge on any atom is -0.341 e. The quantitative estimate of drug-likeness (QED) is 0.913. The van der Waals surface area contributed by atoms with E-state index in [-0.39, 0.29) is 17.9 Å². The predicted octanol–water partition coefficient (Wildman–Crippen LogP) is 1.81. The predicted molar refractivity (Wildman–Crippen MR) is 91.6 cm³/mol. The largest absolute Gasteiger partial charge is 0.341 e. The Morgan fingerprint density at radius 3 is 2.70 bits per heavy atom. The number of amides is 2. The Balaban J connectivity index is 1.61. The van der Waals surface area contributed by atoms with Gasteiger partial charge in [-0.1, -0.05) is 6.07 Å². The van der Waals surface area contributed by atoms with E-state index in [9.17, 15) is 9.59 Å². The van der Waals surface area contributed by atoms with Gasteiger partial charge in [0.15, 0.2) is 0 Å². The summed E-state index contributed by atoms with van der Waals surface area (Å²) in [6.07, 6.45) is 3.83. The van der Waals surface area contributed by atoms with Crippen LogP contribution in [0.3, 0.4) is 0 Å². The number of thiophene rings is 1. The zero-order valence-corrected chi connectivity index (χ0v) is 14.5.